The molecule has 0 radical (unpaired) electrons. The summed E-state index contributed by atoms with van der Waals surface area (Å²) in [4.78, 5) is 12.0. The molecule has 0 heterocycles. The van der Waals surface area contributed by atoms with E-state index in [0.717, 1.165) is 30.4 Å². The highest BCUT2D eigenvalue weighted by Gasteiger charge is 2.13. The molecule has 0 amide bonds. The molecule has 18 heavy (non-hydrogen) atoms. The van der Waals surface area contributed by atoms with Gasteiger partial charge in [-0.2, -0.15) is 0 Å². The van der Waals surface area contributed by atoms with Gasteiger partial charge in [-0.25, -0.2) is 4.79 Å². The molecule has 0 bridgehead atoms. The van der Waals surface area contributed by atoms with E-state index in [9.17, 15) is 4.79 Å². The maximum absolute atomic E-state index is 12.0. The molecule has 0 aliphatic carbocycles. The number of rotatable bonds is 7. The van der Waals surface area contributed by atoms with Crippen LogP contribution in [0.4, 0.5) is 0 Å². The summed E-state index contributed by atoms with van der Waals surface area (Å²) in [5.74, 6) is 0.329. The van der Waals surface area contributed by atoms with Gasteiger partial charge >= 0.3 is 5.97 Å². The van der Waals surface area contributed by atoms with Crippen LogP contribution in [0.3, 0.4) is 0 Å². The molecular formula is C16H28O2. The molecule has 0 aromatic heterocycles. The first-order chi connectivity index (χ1) is 8.51. The first-order valence-electron chi connectivity index (χ1n) is 7.08. The zero-order valence-corrected chi connectivity index (χ0v) is 12.8. The van der Waals surface area contributed by atoms with Crippen LogP contribution in [0.25, 0.3) is 0 Å². The molecule has 0 rings (SSSR count). The highest BCUT2D eigenvalue weighted by atomic mass is 16.5. The number of ether oxygens (including phenoxy) is 1. The largest absolute Gasteiger partial charge is 0.462 e. The van der Waals surface area contributed by atoms with Gasteiger partial charge in [-0.1, -0.05) is 38.8 Å². The third-order valence-corrected chi connectivity index (χ3v) is 3.47. The standard InChI is InChI=1S/C16H28O2/c1-7-12(5)14(9-3)11-15(13(6)8-2)16(17)18-10-4/h11-12H,7-10H2,1-6H3/b14-11-,15-13-. The maximum Gasteiger partial charge on any atom is 0.338 e. The van der Waals surface area contributed by atoms with Crippen molar-refractivity contribution in [3.05, 3.63) is 22.8 Å². The topological polar surface area (TPSA) is 26.3 Å². The summed E-state index contributed by atoms with van der Waals surface area (Å²) >= 11 is 0. The molecule has 0 aliphatic rings. The van der Waals surface area contributed by atoms with Crippen molar-refractivity contribution in [3.8, 4) is 0 Å². The van der Waals surface area contributed by atoms with E-state index < -0.39 is 0 Å². The Balaban J connectivity index is 5.34. The minimum absolute atomic E-state index is 0.189. The van der Waals surface area contributed by atoms with Crippen molar-refractivity contribution >= 4 is 5.97 Å². The molecule has 2 nitrogen and oxygen atoms in total. The second-order valence-electron chi connectivity index (χ2n) is 4.65. The molecule has 1 atom stereocenters. The number of esters is 1. The molecule has 1 unspecified atom stereocenters. The van der Waals surface area contributed by atoms with Crippen molar-refractivity contribution < 1.29 is 9.53 Å². The van der Waals surface area contributed by atoms with E-state index in [2.05, 4.69) is 27.7 Å². The summed E-state index contributed by atoms with van der Waals surface area (Å²) in [5.41, 5.74) is 3.17. The predicted molar refractivity (Wildman–Crippen MR) is 77.5 cm³/mol. The summed E-state index contributed by atoms with van der Waals surface area (Å²) in [5, 5.41) is 0. The summed E-state index contributed by atoms with van der Waals surface area (Å²) in [7, 11) is 0. The lowest BCUT2D eigenvalue weighted by atomic mass is 9.93. The Hall–Kier alpha value is -1.05. The lowest BCUT2D eigenvalue weighted by Crippen LogP contribution is -2.10. The van der Waals surface area contributed by atoms with Gasteiger partial charge in [0, 0.05) is 0 Å². The van der Waals surface area contributed by atoms with Gasteiger partial charge < -0.3 is 4.74 Å². The summed E-state index contributed by atoms with van der Waals surface area (Å²) in [6.07, 6.45) is 5.00. The minimum Gasteiger partial charge on any atom is -0.462 e. The number of hydrogen-bond donors (Lipinski definition) is 0. The van der Waals surface area contributed by atoms with Crippen LogP contribution >= 0.6 is 0 Å². The molecule has 0 aliphatic heterocycles. The van der Waals surface area contributed by atoms with Crippen molar-refractivity contribution in [2.75, 3.05) is 6.61 Å². The van der Waals surface area contributed by atoms with Gasteiger partial charge in [0.05, 0.1) is 12.2 Å². The molecule has 0 spiro atoms. The van der Waals surface area contributed by atoms with Crippen LogP contribution in [0.5, 0.6) is 0 Å². The fraction of sp³-hybridized carbons (Fsp3) is 0.688. The quantitative estimate of drug-likeness (QED) is 0.374. The van der Waals surface area contributed by atoms with E-state index in [1.807, 2.05) is 19.9 Å². The smallest absolute Gasteiger partial charge is 0.338 e. The lowest BCUT2D eigenvalue weighted by Gasteiger charge is -2.14. The Bertz CT molecular complexity index is 324. The van der Waals surface area contributed by atoms with Crippen LogP contribution in [-0.4, -0.2) is 12.6 Å². The highest BCUT2D eigenvalue weighted by molar-refractivity contribution is 5.92. The second-order valence-corrected chi connectivity index (χ2v) is 4.65. The van der Waals surface area contributed by atoms with Crippen LogP contribution in [0.15, 0.2) is 22.8 Å². The van der Waals surface area contributed by atoms with E-state index in [-0.39, 0.29) is 5.97 Å². The maximum atomic E-state index is 12.0. The summed E-state index contributed by atoms with van der Waals surface area (Å²) in [6, 6.07) is 0. The van der Waals surface area contributed by atoms with Gasteiger partial charge in [-0.05, 0) is 45.1 Å². The predicted octanol–water partition coefficient (Wildman–Crippen LogP) is 4.66. The van der Waals surface area contributed by atoms with Crippen LogP contribution in [-0.2, 0) is 9.53 Å². The lowest BCUT2D eigenvalue weighted by molar-refractivity contribution is -0.138. The van der Waals surface area contributed by atoms with Gasteiger partial charge in [0.1, 0.15) is 0 Å². The third-order valence-electron chi connectivity index (χ3n) is 3.47. The van der Waals surface area contributed by atoms with Gasteiger partial charge in [0.25, 0.3) is 0 Å². The van der Waals surface area contributed by atoms with Crippen molar-refractivity contribution in [1.82, 2.24) is 0 Å². The molecular weight excluding hydrogens is 224 g/mol. The van der Waals surface area contributed by atoms with Crippen molar-refractivity contribution in [3.63, 3.8) is 0 Å². The van der Waals surface area contributed by atoms with Crippen molar-refractivity contribution in [2.45, 2.75) is 60.8 Å². The molecule has 0 aromatic carbocycles. The van der Waals surface area contributed by atoms with Gasteiger partial charge in [-0.15, -0.1) is 0 Å². The van der Waals surface area contributed by atoms with E-state index >= 15 is 0 Å². The Morgan fingerprint density at radius 3 is 2.17 bits per heavy atom. The van der Waals surface area contributed by atoms with Gasteiger partial charge in [-0.3, -0.25) is 0 Å². The zero-order chi connectivity index (χ0) is 14.1. The fourth-order valence-corrected chi connectivity index (χ4v) is 1.80. The normalized spacial score (nSPS) is 15.1. The average Bonchev–Trinajstić information content (AvgIpc) is 2.38. The molecule has 104 valence electrons. The molecule has 0 fully saturated rings. The Labute approximate surface area is 112 Å². The Morgan fingerprint density at radius 1 is 1.17 bits per heavy atom. The zero-order valence-electron chi connectivity index (χ0n) is 12.8. The Morgan fingerprint density at radius 2 is 1.78 bits per heavy atom. The molecule has 0 saturated carbocycles. The molecule has 2 heteroatoms. The number of hydrogen-bond acceptors (Lipinski definition) is 2. The second kappa shape index (κ2) is 8.96. The highest BCUT2D eigenvalue weighted by Crippen LogP contribution is 2.22. The van der Waals surface area contributed by atoms with Gasteiger partial charge in [0.15, 0.2) is 0 Å². The molecule has 0 N–H and O–H groups in total. The van der Waals surface area contributed by atoms with Crippen LogP contribution in [0, 0.1) is 5.92 Å². The SMILES string of the molecule is CCOC(=O)C(/C=C(/CC)C(C)CC)=C(/C)CC. The van der Waals surface area contributed by atoms with Crippen LogP contribution in [0.1, 0.15) is 60.8 Å². The summed E-state index contributed by atoms with van der Waals surface area (Å²) < 4.78 is 5.14. The number of carbonyl (C=O) groups is 1. The number of allylic oxidation sites excluding steroid dienone is 2. The molecule has 0 aromatic rings. The number of carbonyl (C=O) groups excluding carboxylic acids is 1. The third kappa shape index (κ3) is 5.07. The fourth-order valence-electron chi connectivity index (χ4n) is 1.80. The molecule has 0 saturated heterocycles. The minimum atomic E-state index is -0.189. The van der Waals surface area contributed by atoms with Gasteiger partial charge in [0.2, 0.25) is 0 Å². The van der Waals surface area contributed by atoms with E-state index in [0.29, 0.717) is 12.5 Å². The Kier molecular flexibility index (Phi) is 8.43. The first kappa shape index (κ1) is 16.9. The summed E-state index contributed by atoms with van der Waals surface area (Å²) in [6.45, 7) is 12.9. The van der Waals surface area contributed by atoms with Crippen molar-refractivity contribution in [1.29, 1.82) is 0 Å². The monoisotopic (exact) mass is 252 g/mol. The van der Waals surface area contributed by atoms with Crippen LogP contribution in [0.2, 0.25) is 0 Å². The van der Waals surface area contributed by atoms with E-state index in [1.54, 1.807) is 0 Å². The van der Waals surface area contributed by atoms with E-state index in [4.69, 9.17) is 4.74 Å². The first-order valence-corrected chi connectivity index (χ1v) is 7.08. The van der Waals surface area contributed by atoms with Crippen LogP contribution < -0.4 is 0 Å². The van der Waals surface area contributed by atoms with E-state index in [1.165, 1.54) is 5.57 Å². The van der Waals surface area contributed by atoms with Crippen molar-refractivity contribution in [2.24, 2.45) is 5.92 Å². The average molecular weight is 252 g/mol.